The van der Waals surface area contributed by atoms with Crippen LogP contribution in [0.1, 0.15) is 32.8 Å². The molecule has 1 aliphatic rings. The van der Waals surface area contributed by atoms with Crippen LogP contribution in [-0.4, -0.2) is 50.2 Å². The predicted octanol–water partition coefficient (Wildman–Crippen LogP) is 3.15. The van der Waals surface area contributed by atoms with Crippen molar-refractivity contribution in [1.29, 1.82) is 0 Å². The van der Waals surface area contributed by atoms with E-state index in [4.69, 9.17) is 14.2 Å². The van der Waals surface area contributed by atoms with Crippen LogP contribution >= 0.6 is 0 Å². The summed E-state index contributed by atoms with van der Waals surface area (Å²) in [5.74, 6) is 1.50. The molecule has 0 bridgehead atoms. The van der Waals surface area contributed by atoms with E-state index in [9.17, 15) is 9.59 Å². The van der Waals surface area contributed by atoms with Gasteiger partial charge in [-0.2, -0.15) is 0 Å². The number of carbonyl (C=O) groups is 2. The number of likely N-dealkylation sites (tertiary alicyclic amines) is 1. The number of nitrogens with zero attached hydrogens (tertiary/aromatic N) is 1. The fourth-order valence-corrected chi connectivity index (χ4v) is 3.37. The Labute approximate surface area is 161 Å². The maximum Gasteiger partial charge on any atom is 0.331 e. The molecule has 0 radical (unpaired) electrons. The van der Waals surface area contributed by atoms with Gasteiger partial charge in [0.15, 0.2) is 18.1 Å². The number of carbonyl (C=O) groups excluding carboxylic acids is 2. The summed E-state index contributed by atoms with van der Waals surface area (Å²) < 4.78 is 15.8. The van der Waals surface area contributed by atoms with Gasteiger partial charge in [-0.3, -0.25) is 4.79 Å². The van der Waals surface area contributed by atoms with Crippen LogP contribution in [0.4, 0.5) is 0 Å². The molecule has 1 aliphatic heterocycles. The molecule has 2 rings (SSSR count). The van der Waals surface area contributed by atoms with Crippen LogP contribution in [0.5, 0.6) is 11.5 Å². The summed E-state index contributed by atoms with van der Waals surface area (Å²) in [6, 6.07) is 5.38. The molecule has 2 atom stereocenters. The molecule has 6 nitrogen and oxygen atoms in total. The van der Waals surface area contributed by atoms with Gasteiger partial charge < -0.3 is 19.1 Å². The lowest BCUT2D eigenvalue weighted by Gasteiger charge is -2.34. The zero-order chi connectivity index (χ0) is 19.8. The van der Waals surface area contributed by atoms with Crippen molar-refractivity contribution < 1.29 is 23.8 Å². The van der Waals surface area contributed by atoms with E-state index >= 15 is 0 Å². The average Bonchev–Trinajstić information content (AvgIpc) is 2.64. The van der Waals surface area contributed by atoms with Crippen LogP contribution in [0.2, 0.25) is 0 Å². The highest BCUT2D eigenvalue weighted by Crippen LogP contribution is 2.28. The molecule has 1 saturated heterocycles. The smallest absolute Gasteiger partial charge is 0.331 e. The van der Waals surface area contributed by atoms with E-state index < -0.39 is 5.97 Å². The summed E-state index contributed by atoms with van der Waals surface area (Å²) >= 11 is 0. The van der Waals surface area contributed by atoms with Gasteiger partial charge in [-0.05, 0) is 49.0 Å². The Balaban J connectivity index is 1.87. The quantitative estimate of drug-likeness (QED) is 0.541. The van der Waals surface area contributed by atoms with E-state index in [0.29, 0.717) is 29.9 Å². The maximum absolute atomic E-state index is 12.2. The number of hydrogen-bond acceptors (Lipinski definition) is 5. The van der Waals surface area contributed by atoms with Crippen LogP contribution in [0.3, 0.4) is 0 Å². The van der Waals surface area contributed by atoms with Crippen molar-refractivity contribution in [1.82, 2.24) is 4.90 Å². The van der Waals surface area contributed by atoms with Gasteiger partial charge in [0.2, 0.25) is 0 Å². The highest BCUT2D eigenvalue weighted by atomic mass is 16.5. The third-order valence-corrected chi connectivity index (χ3v) is 4.46. The maximum atomic E-state index is 12.2. The number of ether oxygens (including phenoxy) is 3. The Morgan fingerprint density at radius 3 is 2.52 bits per heavy atom. The van der Waals surface area contributed by atoms with Crippen LogP contribution in [0, 0.1) is 11.8 Å². The molecule has 1 heterocycles. The third-order valence-electron chi connectivity index (χ3n) is 4.46. The standard InChI is InChI=1S/C21H29NO5/c1-5-26-18-8-6-17(11-19(18)25-4)7-9-21(24)27-14-20(23)22-12-15(2)10-16(3)13-22/h6-9,11,15-16H,5,10,12-14H2,1-4H3/b9-7+. The van der Waals surface area contributed by atoms with Gasteiger partial charge in [0.25, 0.3) is 5.91 Å². The van der Waals surface area contributed by atoms with E-state index in [2.05, 4.69) is 13.8 Å². The first-order valence-corrected chi connectivity index (χ1v) is 9.36. The number of benzene rings is 1. The fraction of sp³-hybridized carbons (Fsp3) is 0.524. The molecule has 1 aromatic rings. The van der Waals surface area contributed by atoms with Crippen molar-refractivity contribution in [3.05, 3.63) is 29.8 Å². The first-order valence-electron chi connectivity index (χ1n) is 9.36. The lowest BCUT2D eigenvalue weighted by Crippen LogP contribution is -2.44. The zero-order valence-electron chi connectivity index (χ0n) is 16.6. The van der Waals surface area contributed by atoms with Gasteiger partial charge in [-0.25, -0.2) is 4.79 Å². The Morgan fingerprint density at radius 2 is 1.89 bits per heavy atom. The van der Waals surface area contributed by atoms with E-state index in [0.717, 1.165) is 25.1 Å². The summed E-state index contributed by atoms with van der Waals surface area (Å²) in [6.45, 7) is 7.93. The molecule has 1 aromatic carbocycles. The molecule has 0 aliphatic carbocycles. The van der Waals surface area contributed by atoms with Gasteiger partial charge in [0, 0.05) is 19.2 Å². The van der Waals surface area contributed by atoms with Crippen LogP contribution in [0.25, 0.3) is 6.08 Å². The second-order valence-electron chi connectivity index (χ2n) is 7.03. The number of rotatable bonds is 7. The molecule has 2 unspecified atom stereocenters. The summed E-state index contributed by atoms with van der Waals surface area (Å²) in [6.07, 6.45) is 4.05. The highest BCUT2D eigenvalue weighted by Gasteiger charge is 2.25. The molecule has 27 heavy (non-hydrogen) atoms. The predicted molar refractivity (Wildman–Crippen MR) is 104 cm³/mol. The Morgan fingerprint density at radius 1 is 1.19 bits per heavy atom. The molecule has 0 aromatic heterocycles. The van der Waals surface area contributed by atoms with Crippen molar-refractivity contribution in [3.63, 3.8) is 0 Å². The molecule has 0 saturated carbocycles. The fourth-order valence-electron chi connectivity index (χ4n) is 3.37. The molecule has 148 valence electrons. The van der Waals surface area contributed by atoms with E-state index in [1.54, 1.807) is 30.2 Å². The third kappa shape index (κ3) is 6.31. The summed E-state index contributed by atoms with van der Waals surface area (Å²) in [5.41, 5.74) is 0.775. The number of amides is 1. The van der Waals surface area contributed by atoms with Crippen molar-refractivity contribution in [3.8, 4) is 11.5 Å². The highest BCUT2D eigenvalue weighted by molar-refractivity contribution is 5.89. The molecular formula is C21H29NO5. The topological polar surface area (TPSA) is 65.1 Å². The minimum Gasteiger partial charge on any atom is -0.493 e. The van der Waals surface area contributed by atoms with Crippen molar-refractivity contribution in [2.75, 3.05) is 33.4 Å². The monoisotopic (exact) mass is 375 g/mol. The van der Waals surface area contributed by atoms with E-state index in [1.807, 2.05) is 13.0 Å². The van der Waals surface area contributed by atoms with Crippen molar-refractivity contribution in [2.24, 2.45) is 11.8 Å². The van der Waals surface area contributed by atoms with Gasteiger partial charge in [-0.1, -0.05) is 19.9 Å². The van der Waals surface area contributed by atoms with Crippen molar-refractivity contribution >= 4 is 18.0 Å². The second kappa shape index (κ2) is 10.00. The minimum absolute atomic E-state index is 0.141. The van der Waals surface area contributed by atoms with Crippen LogP contribution in [-0.2, 0) is 14.3 Å². The SMILES string of the molecule is CCOc1ccc(/C=C/C(=O)OCC(=O)N2CC(C)CC(C)C2)cc1OC. The Bertz CT molecular complexity index is 675. The second-order valence-corrected chi connectivity index (χ2v) is 7.03. The molecular weight excluding hydrogens is 346 g/mol. The number of esters is 1. The van der Waals surface area contributed by atoms with Gasteiger partial charge in [0.05, 0.1) is 13.7 Å². The zero-order valence-corrected chi connectivity index (χ0v) is 16.6. The molecule has 1 amide bonds. The first kappa shape index (κ1) is 20.8. The van der Waals surface area contributed by atoms with Gasteiger partial charge in [0.1, 0.15) is 0 Å². The van der Waals surface area contributed by atoms with Crippen LogP contribution in [0.15, 0.2) is 24.3 Å². The number of piperidine rings is 1. The Kier molecular flexibility index (Phi) is 7.70. The number of hydrogen-bond donors (Lipinski definition) is 0. The molecule has 6 heteroatoms. The Hall–Kier alpha value is -2.50. The normalized spacial score (nSPS) is 19.8. The molecule has 0 N–H and O–H groups in total. The van der Waals surface area contributed by atoms with E-state index in [1.165, 1.54) is 6.08 Å². The molecule has 1 fully saturated rings. The van der Waals surface area contributed by atoms with Gasteiger partial charge >= 0.3 is 5.97 Å². The van der Waals surface area contributed by atoms with Crippen molar-refractivity contribution in [2.45, 2.75) is 27.2 Å². The lowest BCUT2D eigenvalue weighted by molar-refractivity contribution is -0.149. The first-order chi connectivity index (χ1) is 12.9. The average molecular weight is 375 g/mol. The summed E-state index contributed by atoms with van der Waals surface area (Å²) in [5, 5.41) is 0. The van der Waals surface area contributed by atoms with E-state index in [-0.39, 0.29) is 12.5 Å². The van der Waals surface area contributed by atoms with Gasteiger partial charge in [-0.15, -0.1) is 0 Å². The minimum atomic E-state index is -0.547. The summed E-state index contributed by atoms with van der Waals surface area (Å²) in [7, 11) is 1.56. The largest absolute Gasteiger partial charge is 0.493 e. The lowest BCUT2D eigenvalue weighted by atomic mass is 9.92. The molecule has 0 spiro atoms. The number of methoxy groups -OCH3 is 1. The van der Waals surface area contributed by atoms with Crippen LogP contribution < -0.4 is 9.47 Å². The summed E-state index contributed by atoms with van der Waals surface area (Å²) in [4.78, 5) is 25.9.